The third-order valence-electron chi connectivity index (χ3n) is 4.48. The van der Waals surface area contributed by atoms with Gasteiger partial charge in [-0.3, -0.25) is 9.59 Å². The fourth-order valence-electron chi connectivity index (χ4n) is 2.98. The summed E-state index contributed by atoms with van der Waals surface area (Å²) in [6, 6.07) is 27.3. The lowest BCUT2D eigenvalue weighted by molar-refractivity contribution is 0.101. The Morgan fingerprint density at radius 3 is 2.19 bits per heavy atom. The van der Waals surface area contributed by atoms with Crippen LogP contribution >= 0.6 is 23.1 Å². The van der Waals surface area contributed by atoms with Crippen LogP contribution in [0.5, 0.6) is 0 Å². The molecule has 0 saturated heterocycles. The lowest BCUT2D eigenvalue weighted by Crippen LogP contribution is -2.14. The van der Waals surface area contributed by atoms with Gasteiger partial charge in [-0.15, -0.1) is 11.3 Å². The molecule has 2 N–H and O–H groups in total. The lowest BCUT2D eigenvalue weighted by atomic mass is 10.2. The van der Waals surface area contributed by atoms with Crippen molar-refractivity contribution in [1.29, 1.82) is 5.26 Å². The summed E-state index contributed by atoms with van der Waals surface area (Å²) >= 11 is 2.74. The second-order valence-electron chi connectivity index (χ2n) is 6.67. The molecule has 1 heterocycles. The molecule has 0 aliphatic carbocycles. The zero-order chi connectivity index (χ0) is 22.3. The molecule has 5 nitrogen and oxygen atoms in total. The monoisotopic (exact) mass is 455 g/mol. The summed E-state index contributed by atoms with van der Waals surface area (Å²) in [7, 11) is 0. The number of hydrogen-bond acceptors (Lipinski definition) is 5. The number of hydrogen-bond donors (Lipinski definition) is 2. The number of nitriles is 1. The van der Waals surface area contributed by atoms with E-state index in [9.17, 15) is 14.9 Å². The number of thiophene rings is 1. The van der Waals surface area contributed by atoms with E-state index in [-0.39, 0.29) is 11.8 Å². The maximum Gasteiger partial charge on any atom is 0.265 e. The van der Waals surface area contributed by atoms with Crippen molar-refractivity contribution in [1.82, 2.24) is 0 Å². The zero-order valence-corrected chi connectivity index (χ0v) is 18.4. The first kappa shape index (κ1) is 21.4. The number of benzene rings is 3. The summed E-state index contributed by atoms with van der Waals surface area (Å²) in [6.07, 6.45) is 0. The number of anilines is 2. The van der Waals surface area contributed by atoms with E-state index in [0.717, 1.165) is 9.79 Å². The Kier molecular flexibility index (Phi) is 6.66. The number of nitrogens with one attached hydrogen (secondary N) is 2. The summed E-state index contributed by atoms with van der Waals surface area (Å²) in [6.45, 7) is 0. The molecule has 156 valence electrons. The quantitative estimate of drug-likeness (QED) is 0.359. The van der Waals surface area contributed by atoms with Crippen molar-refractivity contribution in [3.63, 3.8) is 0 Å². The maximum absolute atomic E-state index is 13.0. The van der Waals surface area contributed by atoms with Gasteiger partial charge >= 0.3 is 0 Å². The summed E-state index contributed by atoms with van der Waals surface area (Å²) in [4.78, 5) is 27.5. The fraction of sp³-hybridized carbons (Fsp3) is 0. The van der Waals surface area contributed by atoms with Gasteiger partial charge in [0.15, 0.2) is 0 Å². The van der Waals surface area contributed by atoms with Crippen molar-refractivity contribution in [3.8, 4) is 6.07 Å². The van der Waals surface area contributed by atoms with Crippen LogP contribution in [0.15, 0.2) is 100 Å². The summed E-state index contributed by atoms with van der Waals surface area (Å²) in [5.41, 5.74) is 2.21. The van der Waals surface area contributed by atoms with Gasteiger partial charge in [-0.25, -0.2) is 0 Å². The van der Waals surface area contributed by atoms with Crippen molar-refractivity contribution in [2.24, 2.45) is 0 Å². The summed E-state index contributed by atoms with van der Waals surface area (Å²) < 4.78 is 0. The van der Waals surface area contributed by atoms with Crippen molar-refractivity contribution >= 4 is 46.3 Å². The molecule has 32 heavy (non-hydrogen) atoms. The van der Waals surface area contributed by atoms with Gasteiger partial charge in [0.2, 0.25) is 0 Å². The van der Waals surface area contributed by atoms with Crippen molar-refractivity contribution in [2.75, 3.05) is 10.6 Å². The molecule has 0 atom stereocenters. The van der Waals surface area contributed by atoms with Gasteiger partial charge in [0.25, 0.3) is 11.8 Å². The minimum absolute atomic E-state index is 0.193. The van der Waals surface area contributed by atoms with Gasteiger partial charge in [0.05, 0.1) is 16.0 Å². The topological polar surface area (TPSA) is 82.0 Å². The average molecular weight is 456 g/mol. The number of amides is 2. The van der Waals surface area contributed by atoms with E-state index in [2.05, 4.69) is 16.7 Å². The van der Waals surface area contributed by atoms with Gasteiger partial charge in [0, 0.05) is 21.2 Å². The second kappa shape index (κ2) is 9.96. The molecule has 0 unspecified atom stereocenters. The molecule has 0 saturated carbocycles. The normalized spacial score (nSPS) is 10.2. The Morgan fingerprint density at radius 1 is 0.781 bits per heavy atom. The lowest BCUT2D eigenvalue weighted by Gasteiger charge is -2.12. The third-order valence-corrected chi connectivity index (χ3v) is 6.50. The molecule has 4 rings (SSSR count). The van der Waals surface area contributed by atoms with E-state index < -0.39 is 0 Å². The van der Waals surface area contributed by atoms with Crippen LogP contribution in [0.1, 0.15) is 25.6 Å². The summed E-state index contributed by atoms with van der Waals surface area (Å²) in [5.74, 6) is -0.467. The third kappa shape index (κ3) is 5.06. The Bertz CT molecular complexity index is 1310. The molecular formula is C25H17N3O2S2. The highest BCUT2D eigenvalue weighted by atomic mass is 32.2. The van der Waals surface area contributed by atoms with Gasteiger partial charge in [-0.05, 0) is 53.9 Å². The van der Waals surface area contributed by atoms with Crippen LogP contribution in [0, 0.1) is 11.3 Å². The van der Waals surface area contributed by atoms with Crippen LogP contribution in [0.25, 0.3) is 0 Å². The van der Waals surface area contributed by atoms with Crippen molar-refractivity contribution in [3.05, 3.63) is 106 Å². The van der Waals surface area contributed by atoms with E-state index in [4.69, 9.17) is 0 Å². The molecule has 0 radical (unpaired) electrons. The van der Waals surface area contributed by atoms with E-state index in [1.165, 1.54) is 23.1 Å². The molecule has 0 aliphatic heterocycles. The van der Waals surface area contributed by atoms with Crippen LogP contribution in [-0.2, 0) is 0 Å². The summed E-state index contributed by atoms with van der Waals surface area (Å²) in [5, 5.41) is 16.9. The highest BCUT2D eigenvalue weighted by Crippen LogP contribution is 2.33. The molecule has 0 fully saturated rings. The number of nitrogens with zero attached hydrogens (tertiary/aromatic N) is 1. The van der Waals surface area contributed by atoms with Crippen LogP contribution in [-0.4, -0.2) is 11.8 Å². The highest BCUT2D eigenvalue weighted by molar-refractivity contribution is 7.99. The fourth-order valence-corrected chi connectivity index (χ4v) is 4.63. The highest BCUT2D eigenvalue weighted by Gasteiger charge is 2.14. The minimum Gasteiger partial charge on any atom is -0.322 e. The molecule has 7 heteroatoms. The first-order chi connectivity index (χ1) is 15.6. The number of rotatable bonds is 6. The van der Waals surface area contributed by atoms with Crippen molar-refractivity contribution < 1.29 is 9.59 Å². The minimum atomic E-state index is -0.274. The molecular weight excluding hydrogens is 438 g/mol. The van der Waals surface area contributed by atoms with Gasteiger partial charge in [-0.2, -0.15) is 5.26 Å². The Balaban J connectivity index is 1.51. The Morgan fingerprint density at radius 2 is 1.47 bits per heavy atom. The van der Waals surface area contributed by atoms with Gasteiger partial charge < -0.3 is 10.6 Å². The number of carbonyl (C=O) groups excluding carboxylic acids is 2. The zero-order valence-electron chi connectivity index (χ0n) is 16.7. The van der Waals surface area contributed by atoms with Crippen LogP contribution in [0.3, 0.4) is 0 Å². The van der Waals surface area contributed by atoms with Crippen molar-refractivity contribution in [2.45, 2.75) is 9.79 Å². The molecule has 1 aromatic heterocycles. The predicted octanol–water partition coefficient (Wildman–Crippen LogP) is 6.28. The first-order valence-corrected chi connectivity index (χ1v) is 11.4. The second-order valence-corrected chi connectivity index (χ2v) is 8.70. The molecule has 4 aromatic rings. The average Bonchev–Trinajstić information content (AvgIpc) is 3.35. The SMILES string of the molecule is N#Cc1ccccc1Sc1ccccc1C(=O)Nc1cccc(NC(=O)c2cccs2)c1. The Hall–Kier alpha value is -3.86. The standard InChI is InChI=1S/C25H17N3O2S2/c26-16-17-7-1-3-11-21(17)32-22-12-4-2-10-20(22)24(29)27-18-8-5-9-19(15-18)28-25(30)23-13-6-14-31-23/h1-15H,(H,27,29)(H,28,30). The van der Waals surface area contributed by atoms with Gasteiger partial charge in [0.1, 0.15) is 6.07 Å². The van der Waals surface area contributed by atoms with Crippen LogP contribution in [0.2, 0.25) is 0 Å². The van der Waals surface area contributed by atoms with Crippen LogP contribution in [0.4, 0.5) is 11.4 Å². The van der Waals surface area contributed by atoms with E-state index in [0.29, 0.717) is 27.4 Å². The number of carbonyl (C=O) groups is 2. The maximum atomic E-state index is 13.0. The molecule has 0 spiro atoms. The van der Waals surface area contributed by atoms with E-state index in [1.54, 1.807) is 48.5 Å². The first-order valence-electron chi connectivity index (χ1n) is 9.66. The predicted molar refractivity (Wildman–Crippen MR) is 128 cm³/mol. The molecule has 2 amide bonds. The van der Waals surface area contributed by atoms with E-state index in [1.807, 2.05) is 41.8 Å². The smallest absolute Gasteiger partial charge is 0.265 e. The molecule has 0 bridgehead atoms. The molecule has 3 aromatic carbocycles. The molecule has 0 aliphatic rings. The van der Waals surface area contributed by atoms with Gasteiger partial charge in [-0.1, -0.05) is 48.2 Å². The van der Waals surface area contributed by atoms with Crippen LogP contribution < -0.4 is 10.6 Å². The largest absolute Gasteiger partial charge is 0.322 e. The van der Waals surface area contributed by atoms with E-state index >= 15 is 0 Å². The Labute approximate surface area is 193 Å².